The van der Waals surface area contributed by atoms with E-state index in [1.807, 2.05) is 6.08 Å². The molecule has 3 saturated carbocycles. The lowest BCUT2D eigenvalue weighted by Gasteiger charge is -2.60. The van der Waals surface area contributed by atoms with Crippen molar-refractivity contribution in [2.24, 2.45) is 46.3 Å². The first kappa shape index (κ1) is 22.5. The first-order valence-corrected chi connectivity index (χ1v) is 12.7. The van der Waals surface area contributed by atoms with Crippen LogP contribution < -0.4 is 0 Å². The van der Waals surface area contributed by atoms with Gasteiger partial charge >= 0.3 is 0 Å². The average Bonchev–Trinajstić information content (AvgIpc) is 2.95. The molecule has 0 amide bonds. The highest BCUT2D eigenvalue weighted by Crippen LogP contribution is 2.67. The number of allylic oxidation sites excluding steroid dienone is 1. The van der Waals surface area contributed by atoms with Crippen LogP contribution in [-0.2, 0) is 4.79 Å². The van der Waals surface area contributed by atoms with Crippen molar-refractivity contribution >= 4 is 5.78 Å². The normalized spacial score (nSPS) is 46.8. The molecule has 3 heteroatoms. The zero-order chi connectivity index (χ0) is 21.8. The third-order valence-electron chi connectivity index (χ3n) is 10.2. The fourth-order valence-corrected chi connectivity index (χ4v) is 8.61. The molecule has 2 N–H and O–H groups in total. The second-order valence-corrected chi connectivity index (χ2v) is 12.2. The van der Waals surface area contributed by atoms with Gasteiger partial charge in [0.05, 0.1) is 12.2 Å². The van der Waals surface area contributed by atoms with Gasteiger partial charge in [-0.1, -0.05) is 59.5 Å². The third kappa shape index (κ3) is 3.43. The van der Waals surface area contributed by atoms with Crippen molar-refractivity contribution < 1.29 is 15.0 Å². The Morgan fingerprint density at radius 3 is 2.50 bits per heavy atom. The molecule has 0 aromatic rings. The number of aliphatic hydroxyl groups excluding tert-OH is 2. The number of hydrogen-bond acceptors (Lipinski definition) is 3. The molecule has 0 saturated heterocycles. The Hall–Kier alpha value is -0.670. The van der Waals surface area contributed by atoms with Crippen molar-refractivity contribution in [2.75, 3.05) is 0 Å². The summed E-state index contributed by atoms with van der Waals surface area (Å²) in [6.07, 6.45) is 10.3. The highest BCUT2D eigenvalue weighted by molar-refractivity contribution is 5.91. The molecule has 3 nitrogen and oxygen atoms in total. The molecular weight excluding hydrogens is 372 g/mol. The fraction of sp³-hybridized carbons (Fsp3) is 0.889. The largest absolute Gasteiger partial charge is 0.393 e. The van der Waals surface area contributed by atoms with E-state index in [-0.39, 0.29) is 34.7 Å². The summed E-state index contributed by atoms with van der Waals surface area (Å²) in [5.74, 6) is 3.06. The molecule has 9 atom stereocenters. The summed E-state index contributed by atoms with van der Waals surface area (Å²) >= 11 is 0. The van der Waals surface area contributed by atoms with Gasteiger partial charge in [0.25, 0.3) is 0 Å². The van der Waals surface area contributed by atoms with Gasteiger partial charge in [0.2, 0.25) is 0 Å². The monoisotopic (exact) mass is 416 g/mol. The summed E-state index contributed by atoms with van der Waals surface area (Å²) in [7, 11) is 0. The van der Waals surface area contributed by atoms with Crippen LogP contribution in [0.4, 0.5) is 0 Å². The van der Waals surface area contributed by atoms with Gasteiger partial charge in [0, 0.05) is 11.8 Å². The van der Waals surface area contributed by atoms with Crippen LogP contribution in [0.15, 0.2) is 11.6 Å². The van der Waals surface area contributed by atoms with Crippen LogP contribution in [0.5, 0.6) is 0 Å². The van der Waals surface area contributed by atoms with Crippen molar-refractivity contribution in [3.8, 4) is 0 Å². The van der Waals surface area contributed by atoms with Crippen molar-refractivity contribution in [1.29, 1.82) is 0 Å². The molecule has 0 heterocycles. The summed E-state index contributed by atoms with van der Waals surface area (Å²) in [6.45, 7) is 11.5. The van der Waals surface area contributed by atoms with Crippen LogP contribution in [0.3, 0.4) is 0 Å². The molecule has 0 radical (unpaired) electrons. The topological polar surface area (TPSA) is 57.5 Å². The highest BCUT2D eigenvalue weighted by atomic mass is 16.3. The minimum atomic E-state index is -0.354. The molecule has 0 spiro atoms. The molecule has 0 aliphatic heterocycles. The number of hydrogen-bond donors (Lipinski definition) is 2. The van der Waals surface area contributed by atoms with Gasteiger partial charge in [-0.2, -0.15) is 0 Å². The number of rotatable bonds is 5. The molecule has 170 valence electrons. The maximum atomic E-state index is 12.0. The van der Waals surface area contributed by atoms with Crippen LogP contribution >= 0.6 is 0 Å². The van der Waals surface area contributed by atoms with Gasteiger partial charge < -0.3 is 10.2 Å². The minimum Gasteiger partial charge on any atom is -0.393 e. The van der Waals surface area contributed by atoms with E-state index in [0.717, 1.165) is 44.4 Å². The Kier molecular flexibility index (Phi) is 6.03. The summed E-state index contributed by atoms with van der Waals surface area (Å²) < 4.78 is 0. The highest BCUT2D eigenvalue weighted by Gasteiger charge is 2.65. The zero-order valence-corrected chi connectivity index (χ0v) is 19.9. The van der Waals surface area contributed by atoms with Crippen LogP contribution in [-0.4, -0.2) is 28.2 Å². The standard InChI is InChI=1S/C27H44O3/c1-16(2)7-6-8-17(3)25-23(29)14-22-20-10-9-18-13-19(28)11-12-26(18,4)21(20)15-24(30)27(22,25)5/h13,16-17,20-25,29-30H,6-12,14-15H2,1-5H3. The van der Waals surface area contributed by atoms with Crippen molar-refractivity contribution in [3.63, 3.8) is 0 Å². The molecule has 4 aliphatic rings. The van der Waals surface area contributed by atoms with Gasteiger partial charge in [0.15, 0.2) is 5.78 Å². The maximum Gasteiger partial charge on any atom is 0.155 e. The Labute approximate surface area is 183 Å². The first-order valence-electron chi connectivity index (χ1n) is 12.7. The summed E-state index contributed by atoms with van der Waals surface area (Å²) in [5.41, 5.74) is 1.22. The van der Waals surface area contributed by atoms with Crippen molar-refractivity contribution in [2.45, 2.75) is 105 Å². The molecule has 4 aliphatic carbocycles. The Balaban J connectivity index is 1.59. The van der Waals surface area contributed by atoms with E-state index >= 15 is 0 Å². The third-order valence-corrected chi connectivity index (χ3v) is 10.2. The summed E-state index contributed by atoms with van der Waals surface area (Å²) in [6, 6.07) is 0. The molecule has 30 heavy (non-hydrogen) atoms. The molecule has 3 fully saturated rings. The maximum absolute atomic E-state index is 12.0. The second-order valence-electron chi connectivity index (χ2n) is 12.2. The van der Waals surface area contributed by atoms with Gasteiger partial charge in [-0.3, -0.25) is 4.79 Å². The fourth-order valence-electron chi connectivity index (χ4n) is 8.61. The molecular formula is C27H44O3. The molecule has 9 unspecified atom stereocenters. The lowest BCUT2D eigenvalue weighted by atomic mass is 9.45. The molecule has 0 aromatic heterocycles. The quantitative estimate of drug-likeness (QED) is 0.619. The molecule has 0 aromatic carbocycles. The van der Waals surface area contributed by atoms with E-state index in [4.69, 9.17) is 0 Å². The zero-order valence-electron chi connectivity index (χ0n) is 19.9. The molecule has 0 bridgehead atoms. The van der Waals surface area contributed by atoms with Gasteiger partial charge in [-0.25, -0.2) is 0 Å². The van der Waals surface area contributed by atoms with Crippen LogP contribution in [0, 0.1) is 46.3 Å². The van der Waals surface area contributed by atoms with Crippen LogP contribution in [0.1, 0.15) is 92.4 Å². The number of carbonyl (C=O) groups excluding carboxylic acids is 1. The smallest absolute Gasteiger partial charge is 0.155 e. The lowest BCUT2D eigenvalue weighted by molar-refractivity contribution is -0.144. The van der Waals surface area contributed by atoms with E-state index in [0.29, 0.717) is 30.1 Å². The Morgan fingerprint density at radius 2 is 1.80 bits per heavy atom. The average molecular weight is 417 g/mol. The second kappa shape index (κ2) is 8.03. The lowest BCUT2D eigenvalue weighted by Crippen LogP contribution is -2.57. The van der Waals surface area contributed by atoms with E-state index in [9.17, 15) is 15.0 Å². The summed E-state index contributed by atoms with van der Waals surface area (Å²) in [5, 5.41) is 22.8. The molecule has 4 rings (SSSR count). The van der Waals surface area contributed by atoms with Gasteiger partial charge in [0.1, 0.15) is 0 Å². The van der Waals surface area contributed by atoms with Crippen LogP contribution in [0.25, 0.3) is 0 Å². The van der Waals surface area contributed by atoms with E-state index < -0.39 is 0 Å². The predicted octanol–water partition coefficient (Wildman–Crippen LogP) is 5.54. The van der Waals surface area contributed by atoms with Crippen molar-refractivity contribution in [3.05, 3.63) is 11.6 Å². The first-order chi connectivity index (χ1) is 14.1. The van der Waals surface area contributed by atoms with E-state index in [1.54, 1.807) is 0 Å². The number of ketones is 1. The van der Waals surface area contributed by atoms with Crippen LogP contribution in [0.2, 0.25) is 0 Å². The summed E-state index contributed by atoms with van der Waals surface area (Å²) in [4.78, 5) is 12.0. The number of aliphatic hydroxyl groups is 2. The SMILES string of the molecule is CC(C)CCCC(C)C1C(O)CC2C3CCC4=CC(=O)CCC4(C)C3CC(O)C21C. The van der Waals surface area contributed by atoms with Gasteiger partial charge in [-0.15, -0.1) is 0 Å². The predicted molar refractivity (Wildman–Crippen MR) is 121 cm³/mol. The Morgan fingerprint density at radius 1 is 1.07 bits per heavy atom. The van der Waals surface area contributed by atoms with Crippen molar-refractivity contribution in [1.82, 2.24) is 0 Å². The number of fused-ring (bicyclic) bond motifs is 5. The Bertz CT molecular complexity index is 696. The van der Waals surface area contributed by atoms with Gasteiger partial charge in [-0.05, 0) is 79.1 Å². The number of carbonyl (C=O) groups is 1. The van der Waals surface area contributed by atoms with E-state index in [1.165, 1.54) is 18.4 Å². The van der Waals surface area contributed by atoms with E-state index in [2.05, 4.69) is 34.6 Å². The minimum absolute atomic E-state index is 0.0606.